The van der Waals surface area contributed by atoms with E-state index in [1.54, 1.807) is 12.1 Å². The van der Waals surface area contributed by atoms with Gasteiger partial charge in [0.15, 0.2) is 5.96 Å². The molecule has 1 aromatic carbocycles. The Hall–Kier alpha value is -0.850. The summed E-state index contributed by atoms with van der Waals surface area (Å²) in [5, 5.41) is 3.42. The first-order valence-electron chi connectivity index (χ1n) is 8.53. The van der Waals surface area contributed by atoms with Crippen LogP contribution in [-0.4, -0.2) is 37.0 Å². The smallest absolute Gasteiger partial charge is 0.193 e. The summed E-state index contributed by atoms with van der Waals surface area (Å²) in [6, 6.07) is 7.02. The molecule has 0 aromatic heterocycles. The molecule has 5 heteroatoms. The summed E-state index contributed by atoms with van der Waals surface area (Å²) in [7, 11) is 0. The highest BCUT2D eigenvalue weighted by Crippen LogP contribution is 2.44. The van der Waals surface area contributed by atoms with Gasteiger partial charge in [-0.1, -0.05) is 18.6 Å². The van der Waals surface area contributed by atoms with E-state index >= 15 is 0 Å². The summed E-state index contributed by atoms with van der Waals surface area (Å²) >= 11 is 0. The Balaban J connectivity index is 0.00000192. The molecule has 0 unspecified atom stereocenters. The van der Waals surface area contributed by atoms with E-state index in [4.69, 9.17) is 4.99 Å². The van der Waals surface area contributed by atoms with E-state index in [0.29, 0.717) is 0 Å². The van der Waals surface area contributed by atoms with Gasteiger partial charge in [-0.05, 0) is 50.3 Å². The maximum Gasteiger partial charge on any atom is 0.193 e. The number of nitrogens with one attached hydrogen (secondary N) is 1. The van der Waals surface area contributed by atoms with Crippen LogP contribution >= 0.6 is 24.0 Å². The van der Waals surface area contributed by atoms with Gasteiger partial charge in [-0.15, -0.1) is 24.0 Å². The quantitative estimate of drug-likeness (QED) is 0.445. The largest absolute Gasteiger partial charge is 0.357 e. The van der Waals surface area contributed by atoms with E-state index in [0.717, 1.165) is 45.0 Å². The van der Waals surface area contributed by atoms with E-state index in [9.17, 15) is 4.39 Å². The lowest BCUT2D eigenvalue weighted by molar-refractivity contribution is 0.252. The average Bonchev–Trinajstić information content (AvgIpc) is 3.01. The molecule has 1 heterocycles. The minimum atomic E-state index is -0.160. The molecule has 2 aliphatic rings. The van der Waals surface area contributed by atoms with Crippen molar-refractivity contribution in [2.24, 2.45) is 4.99 Å². The predicted molar refractivity (Wildman–Crippen MR) is 104 cm³/mol. The topological polar surface area (TPSA) is 27.6 Å². The van der Waals surface area contributed by atoms with Crippen LogP contribution < -0.4 is 5.32 Å². The van der Waals surface area contributed by atoms with E-state index in [-0.39, 0.29) is 35.2 Å². The molecule has 128 valence electrons. The molecular formula is C18H27FIN3. The summed E-state index contributed by atoms with van der Waals surface area (Å²) in [6.07, 6.45) is 6.07. The molecular weight excluding hydrogens is 404 g/mol. The third kappa shape index (κ3) is 4.17. The number of aliphatic imine (C=N–C) groups is 1. The Morgan fingerprint density at radius 1 is 1.17 bits per heavy atom. The molecule has 3 rings (SSSR count). The predicted octanol–water partition coefficient (Wildman–Crippen LogP) is 3.93. The van der Waals surface area contributed by atoms with E-state index in [1.807, 2.05) is 12.1 Å². The van der Waals surface area contributed by atoms with Gasteiger partial charge in [0.1, 0.15) is 5.82 Å². The van der Waals surface area contributed by atoms with Gasteiger partial charge in [-0.25, -0.2) is 4.39 Å². The van der Waals surface area contributed by atoms with Crippen LogP contribution in [0.25, 0.3) is 0 Å². The number of guanidine groups is 1. The van der Waals surface area contributed by atoms with Crippen molar-refractivity contribution in [1.29, 1.82) is 0 Å². The Kier molecular flexibility index (Phi) is 6.68. The maximum absolute atomic E-state index is 13.2. The molecule has 1 saturated carbocycles. The highest BCUT2D eigenvalue weighted by atomic mass is 127. The molecule has 1 aromatic rings. The standard InChI is InChI=1S/C18H26FN3.HI/c1-2-20-17(22-12-3-4-13-22)21-14-18(10-5-11-18)15-6-8-16(19)9-7-15;/h6-9H,2-5,10-14H2,1H3,(H,20,21);1H. The molecule has 1 aliphatic carbocycles. The van der Waals surface area contributed by atoms with Crippen LogP contribution in [-0.2, 0) is 5.41 Å². The first-order valence-corrected chi connectivity index (χ1v) is 8.53. The van der Waals surface area contributed by atoms with Crippen LogP contribution in [0.2, 0.25) is 0 Å². The van der Waals surface area contributed by atoms with E-state index in [1.165, 1.54) is 24.8 Å². The molecule has 2 fully saturated rings. The second-order valence-electron chi connectivity index (χ2n) is 6.51. The van der Waals surface area contributed by atoms with Gasteiger partial charge in [0.05, 0.1) is 6.54 Å². The molecule has 0 bridgehead atoms. The van der Waals surface area contributed by atoms with Gasteiger partial charge in [0, 0.05) is 25.0 Å². The Morgan fingerprint density at radius 2 is 1.83 bits per heavy atom. The highest BCUT2D eigenvalue weighted by molar-refractivity contribution is 14.0. The van der Waals surface area contributed by atoms with Crippen molar-refractivity contribution in [3.05, 3.63) is 35.6 Å². The van der Waals surface area contributed by atoms with Crippen molar-refractivity contribution in [3.8, 4) is 0 Å². The molecule has 1 aliphatic heterocycles. The third-order valence-electron chi connectivity index (χ3n) is 5.04. The fourth-order valence-electron chi connectivity index (χ4n) is 3.53. The molecule has 3 nitrogen and oxygen atoms in total. The van der Waals surface area contributed by atoms with E-state index < -0.39 is 0 Å². The molecule has 0 atom stereocenters. The average molecular weight is 431 g/mol. The van der Waals surface area contributed by atoms with Crippen molar-refractivity contribution in [3.63, 3.8) is 0 Å². The van der Waals surface area contributed by atoms with Gasteiger partial charge < -0.3 is 10.2 Å². The SMILES string of the molecule is CCNC(=NCC1(c2ccc(F)cc2)CCC1)N1CCCC1.I. The monoisotopic (exact) mass is 431 g/mol. The number of likely N-dealkylation sites (tertiary alicyclic amines) is 1. The Morgan fingerprint density at radius 3 is 2.35 bits per heavy atom. The van der Waals surface area contributed by atoms with Crippen molar-refractivity contribution in [1.82, 2.24) is 10.2 Å². The number of nitrogens with zero attached hydrogens (tertiary/aromatic N) is 2. The van der Waals surface area contributed by atoms with Gasteiger partial charge in [0.2, 0.25) is 0 Å². The van der Waals surface area contributed by atoms with Gasteiger partial charge in [-0.2, -0.15) is 0 Å². The van der Waals surface area contributed by atoms with Crippen LogP contribution in [0.4, 0.5) is 4.39 Å². The molecule has 1 saturated heterocycles. The van der Waals surface area contributed by atoms with Gasteiger partial charge in [0.25, 0.3) is 0 Å². The van der Waals surface area contributed by atoms with Crippen molar-refractivity contribution in [2.45, 2.75) is 44.4 Å². The zero-order chi connectivity index (χ0) is 15.4. The molecule has 23 heavy (non-hydrogen) atoms. The van der Waals surface area contributed by atoms with Crippen LogP contribution in [0.5, 0.6) is 0 Å². The highest BCUT2D eigenvalue weighted by Gasteiger charge is 2.38. The van der Waals surface area contributed by atoms with Crippen LogP contribution in [0.1, 0.15) is 44.6 Å². The Bertz CT molecular complexity index is 520. The van der Waals surface area contributed by atoms with Crippen molar-refractivity contribution in [2.75, 3.05) is 26.2 Å². The number of rotatable bonds is 4. The second-order valence-corrected chi connectivity index (χ2v) is 6.51. The summed E-state index contributed by atoms with van der Waals surface area (Å²) < 4.78 is 13.2. The lowest BCUT2D eigenvalue weighted by atomic mass is 9.64. The fourth-order valence-corrected chi connectivity index (χ4v) is 3.53. The van der Waals surface area contributed by atoms with Crippen LogP contribution in [0.15, 0.2) is 29.3 Å². The first kappa shape index (κ1) is 18.5. The third-order valence-corrected chi connectivity index (χ3v) is 5.04. The van der Waals surface area contributed by atoms with Crippen LogP contribution in [0.3, 0.4) is 0 Å². The molecule has 0 spiro atoms. The maximum atomic E-state index is 13.2. The number of benzene rings is 1. The summed E-state index contributed by atoms with van der Waals surface area (Å²) in [5.74, 6) is 0.889. The number of hydrogen-bond acceptors (Lipinski definition) is 1. The number of halogens is 2. The fraction of sp³-hybridized carbons (Fsp3) is 0.611. The molecule has 0 amide bonds. The molecule has 1 N–H and O–H groups in total. The lowest BCUT2D eigenvalue weighted by Gasteiger charge is -2.41. The lowest BCUT2D eigenvalue weighted by Crippen LogP contribution is -2.42. The Labute approximate surface area is 155 Å². The zero-order valence-electron chi connectivity index (χ0n) is 13.9. The normalized spacial score (nSPS) is 19.9. The van der Waals surface area contributed by atoms with E-state index in [2.05, 4.69) is 17.1 Å². The minimum absolute atomic E-state index is 0. The zero-order valence-corrected chi connectivity index (χ0v) is 16.2. The van der Waals surface area contributed by atoms with Crippen molar-refractivity contribution >= 4 is 29.9 Å². The van der Waals surface area contributed by atoms with Gasteiger partial charge in [-0.3, -0.25) is 4.99 Å². The molecule has 0 radical (unpaired) electrons. The first-order chi connectivity index (χ1) is 10.7. The second kappa shape index (κ2) is 8.31. The van der Waals surface area contributed by atoms with Crippen LogP contribution in [0, 0.1) is 5.82 Å². The summed E-state index contributed by atoms with van der Waals surface area (Å²) in [5.41, 5.74) is 1.36. The van der Waals surface area contributed by atoms with Gasteiger partial charge >= 0.3 is 0 Å². The summed E-state index contributed by atoms with van der Waals surface area (Å²) in [4.78, 5) is 7.29. The van der Waals surface area contributed by atoms with Crippen molar-refractivity contribution < 1.29 is 4.39 Å². The summed E-state index contributed by atoms with van der Waals surface area (Å²) in [6.45, 7) is 6.03. The minimum Gasteiger partial charge on any atom is -0.357 e. The number of hydrogen-bond donors (Lipinski definition) is 1.